The topological polar surface area (TPSA) is 49.3 Å². The maximum absolute atomic E-state index is 10.5. The monoisotopic (exact) mass is 161 g/mol. The van der Waals surface area contributed by atoms with Gasteiger partial charge in [0, 0.05) is 6.54 Å². The highest BCUT2D eigenvalue weighted by atomic mass is 32.1. The molecule has 0 aliphatic carbocycles. The fourth-order valence-electron chi connectivity index (χ4n) is 1.21. The maximum Gasteiger partial charge on any atom is 0.308 e. The molecule has 1 fully saturated rings. The van der Waals surface area contributed by atoms with Crippen LogP contribution in [-0.2, 0) is 4.79 Å². The Kier molecular flexibility index (Phi) is 2.56. The second kappa shape index (κ2) is 3.25. The second-order valence-electron chi connectivity index (χ2n) is 2.55. The third kappa shape index (κ3) is 1.44. The average Bonchev–Trinajstić information content (AvgIpc) is 2.33. The molecule has 0 amide bonds. The molecule has 0 aromatic carbocycles. The van der Waals surface area contributed by atoms with Gasteiger partial charge in [-0.25, -0.2) is 0 Å². The first-order chi connectivity index (χ1) is 4.75. The highest BCUT2D eigenvalue weighted by Crippen LogP contribution is 2.17. The zero-order valence-electron chi connectivity index (χ0n) is 5.58. The lowest BCUT2D eigenvalue weighted by Gasteiger charge is -2.09. The zero-order valence-corrected chi connectivity index (χ0v) is 6.47. The van der Waals surface area contributed by atoms with Crippen molar-refractivity contribution in [3.8, 4) is 0 Å². The van der Waals surface area contributed by atoms with Gasteiger partial charge in [-0.1, -0.05) is 0 Å². The van der Waals surface area contributed by atoms with E-state index in [9.17, 15) is 4.79 Å². The molecule has 0 saturated carbocycles. The molecule has 1 saturated heterocycles. The predicted molar refractivity (Wildman–Crippen MR) is 41.3 cm³/mol. The largest absolute Gasteiger partial charge is 0.481 e. The van der Waals surface area contributed by atoms with Crippen molar-refractivity contribution in [3.63, 3.8) is 0 Å². The fourth-order valence-corrected chi connectivity index (χ4v) is 1.60. The van der Waals surface area contributed by atoms with E-state index in [1.165, 1.54) is 0 Å². The summed E-state index contributed by atoms with van der Waals surface area (Å²) >= 11 is 4.07. The summed E-state index contributed by atoms with van der Waals surface area (Å²) in [4.78, 5) is 10.5. The van der Waals surface area contributed by atoms with E-state index in [4.69, 9.17) is 5.11 Å². The van der Waals surface area contributed by atoms with E-state index in [-0.39, 0.29) is 11.8 Å². The smallest absolute Gasteiger partial charge is 0.308 e. The van der Waals surface area contributed by atoms with E-state index in [0.717, 1.165) is 6.54 Å². The molecule has 0 bridgehead atoms. The summed E-state index contributed by atoms with van der Waals surface area (Å²) in [5.41, 5.74) is 0. The van der Waals surface area contributed by atoms with E-state index < -0.39 is 5.97 Å². The molecule has 1 heterocycles. The van der Waals surface area contributed by atoms with Gasteiger partial charge in [-0.05, 0) is 18.2 Å². The van der Waals surface area contributed by atoms with Crippen LogP contribution in [0.3, 0.4) is 0 Å². The molecule has 58 valence electrons. The van der Waals surface area contributed by atoms with Gasteiger partial charge in [-0.2, -0.15) is 12.6 Å². The molecular formula is C6H11NO2S. The van der Waals surface area contributed by atoms with Crippen LogP contribution in [0, 0.1) is 11.8 Å². The molecule has 0 spiro atoms. The normalized spacial score (nSPS) is 32.5. The van der Waals surface area contributed by atoms with Crippen molar-refractivity contribution in [2.75, 3.05) is 18.8 Å². The quantitative estimate of drug-likeness (QED) is 0.493. The van der Waals surface area contributed by atoms with Gasteiger partial charge in [-0.15, -0.1) is 0 Å². The molecule has 0 unspecified atom stereocenters. The first kappa shape index (κ1) is 7.88. The van der Waals surface area contributed by atoms with Crippen LogP contribution in [0.1, 0.15) is 0 Å². The summed E-state index contributed by atoms with van der Waals surface area (Å²) in [7, 11) is 0. The Hall–Kier alpha value is -0.220. The van der Waals surface area contributed by atoms with Crippen LogP contribution in [0.4, 0.5) is 0 Å². The van der Waals surface area contributed by atoms with Crippen LogP contribution < -0.4 is 5.32 Å². The van der Waals surface area contributed by atoms with Gasteiger partial charge >= 0.3 is 5.97 Å². The van der Waals surface area contributed by atoms with Gasteiger partial charge in [-0.3, -0.25) is 4.79 Å². The minimum Gasteiger partial charge on any atom is -0.481 e. The Morgan fingerprint density at radius 3 is 2.80 bits per heavy atom. The van der Waals surface area contributed by atoms with Crippen molar-refractivity contribution >= 4 is 18.6 Å². The van der Waals surface area contributed by atoms with Gasteiger partial charge in [0.05, 0.1) is 5.92 Å². The van der Waals surface area contributed by atoms with E-state index in [0.29, 0.717) is 12.3 Å². The van der Waals surface area contributed by atoms with Gasteiger partial charge in [0.1, 0.15) is 0 Å². The van der Waals surface area contributed by atoms with E-state index in [2.05, 4.69) is 17.9 Å². The van der Waals surface area contributed by atoms with Crippen LogP contribution in [-0.4, -0.2) is 29.9 Å². The lowest BCUT2D eigenvalue weighted by atomic mass is 9.98. The van der Waals surface area contributed by atoms with Crippen molar-refractivity contribution in [2.24, 2.45) is 11.8 Å². The summed E-state index contributed by atoms with van der Waals surface area (Å²) in [6, 6.07) is 0. The number of nitrogens with one attached hydrogen (secondary N) is 1. The maximum atomic E-state index is 10.5. The van der Waals surface area contributed by atoms with E-state index >= 15 is 0 Å². The summed E-state index contributed by atoms with van der Waals surface area (Å²) < 4.78 is 0. The minimum absolute atomic E-state index is 0.209. The van der Waals surface area contributed by atoms with Gasteiger partial charge in [0.2, 0.25) is 0 Å². The zero-order chi connectivity index (χ0) is 7.56. The second-order valence-corrected chi connectivity index (χ2v) is 2.91. The van der Waals surface area contributed by atoms with Gasteiger partial charge in [0.25, 0.3) is 0 Å². The van der Waals surface area contributed by atoms with Crippen LogP contribution in [0.5, 0.6) is 0 Å². The molecule has 3 nitrogen and oxygen atoms in total. The Bertz CT molecular complexity index is 140. The van der Waals surface area contributed by atoms with Crippen molar-refractivity contribution in [2.45, 2.75) is 0 Å². The highest BCUT2D eigenvalue weighted by molar-refractivity contribution is 7.80. The minimum atomic E-state index is -0.705. The van der Waals surface area contributed by atoms with Gasteiger partial charge < -0.3 is 10.4 Å². The molecular weight excluding hydrogens is 150 g/mol. The Labute approximate surface area is 65.2 Å². The number of hydrogen-bond acceptors (Lipinski definition) is 3. The van der Waals surface area contributed by atoms with Crippen molar-refractivity contribution in [1.82, 2.24) is 5.32 Å². The molecule has 2 N–H and O–H groups in total. The Morgan fingerprint density at radius 2 is 2.40 bits per heavy atom. The number of thiol groups is 1. The molecule has 1 aliphatic rings. The third-order valence-corrected chi connectivity index (χ3v) is 2.36. The van der Waals surface area contributed by atoms with Crippen molar-refractivity contribution in [3.05, 3.63) is 0 Å². The number of hydrogen-bond donors (Lipinski definition) is 3. The SMILES string of the molecule is O=C(O)[C@H]1CNC[C@H]1CS. The standard InChI is InChI=1S/C6H11NO2S/c8-6(9)5-2-7-1-4(5)3-10/h4-5,7,10H,1-3H2,(H,8,9)/t4-,5-/m0/s1. The van der Waals surface area contributed by atoms with Crippen molar-refractivity contribution < 1.29 is 9.90 Å². The third-order valence-electron chi connectivity index (χ3n) is 1.89. The summed E-state index contributed by atoms with van der Waals surface area (Å²) in [5.74, 6) is -0.0633. The average molecular weight is 161 g/mol. The molecule has 4 heteroatoms. The van der Waals surface area contributed by atoms with Crippen LogP contribution in [0.15, 0.2) is 0 Å². The molecule has 10 heavy (non-hydrogen) atoms. The summed E-state index contributed by atoms with van der Waals surface area (Å²) in [6.45, 7) is 1.39. The van der Waals surface area contributed by atoms with Crippen LogP contribution >= 0.6 is 12.6 Å². The Morgan fingerprint density at radius 1 is 1.70 bits per heavy atom. The Balaban J connectivity index is 2.50. The molecule has 0 aromatic rings. The first-order valence-electron chi connectivity index (χ1n) is 3.30. The number of carbonyl (C=O) groups is 1. The van der Waals surface area contributed by atoms with E-state index in [1.807, 2.05) is 0 Å². The summed E-state index contributed by atoms with van der Waals surface area (Å²) in [6.07, 6.45) is 0. The number of aliphatic carboxylic acids is 1. The fraction of sp³-hybridized carbons (Fsp3) is 0.833. The number of carboxylic acid groups (broad SMARTS) is 1. The lowest BCUT2D eigenvalue weighted by Crippen LogP contribution is -2.23. The first-order valence-corrected chi connectivity index (χ1v) is 3.93. The molecule has 1 rings (SSSR count). The van der Waals surface area contributed by atoms with Gasteiger partial charge in [0.15, 0.2) is 0 Å². The van der Waals surface area contributed by atoms with Crippen LogP contribution in [0.2, 0.25) is 0 Å². The molecule has 0 radical (unpaired) electrons. The predicted octanol–water partition coefficient (Wildman–Crippen LogP) is -0.164. The molecule has 0 aromatic heterocycles. The number of rotatable bonds is 2. The van der Waals surface area contributed by atoms with Crippen molar-refractivity contribution in [1.29, 1.82) is 0 Å². The number of carboxylic acids is 1. The van der Waals surface area contributed by atoms with Crippen LogP contribution in [0.25, 0.3) is 0 Å². The van der Waals surface area contributed by atoms with E-state index in [1.54, 1.807) is 0 Å². The molecule has 2 atom stereocenters. The highest BCUT2D eigenvalue weighted by Gasteiger charge is 2.31. The lowest BCUT2D eigenvalue weighted by molar-refractivity contribution is -0.142. The summed E-state index contributed by atoms with van der Waals surface area (Å²) in [5, 5.41) is 11.7. The molecule has 1 aliphatic heterocycles.